The summed E-state index contributed by atoms with van der Waals surface area (Å²) in [4.78, 5) is 12.8. The van der Waals surface area contributed by atoms with E-state index in [4.69, 9.17) is 27.9 Å². The van der Waals surface area contributed by atoms with Crippen LogP contribution < -0.4 is 4.74 Å². The first-order valence-corrected chi connectivity index (χ1v) is 8.18. The predicted molar refractivity (Wildman–Crippen MR) is 95.9 cm³/mol. The van der Waals surface area contributed by atoms with Crippen LogP contribution in [0.15, 0.2) is 42.5 Å². The number of hydrogen-bond acceptors (Lipinski definition) is 4. The molecule has 0 heterocycles. The number of carbonyl (C=O) groups excluding carboxylic acids is 1. The van der Waals surface area contributed by atoms with Crippen molar-refractivity contribution in [2.45, 2.75) is 12.3 Å². The molecule has 0 aliphatic carbocycles. The summed E-state index contributed by atoms with van der Waals surface area (Å²) in [6.07, 6.45) is -0.0877. The molecule has 6 heteroatoms. The summed E-state index contributed by atoms with van der Waals surface area (Å²) in [5.74, 6) is -1.62. The van der Waals surface area contributed by atoms with Gasteiger partial charge in [0.2, 0.25) is 0 Å². The third-order valence-electron chi connectivity index (χ3n) is 3.86. The summed E-state index contributed by atoms with van der Waals surface area (Å²) in [5, 5.41) is 19.3. The van der Waals surface area contributed by atoms with Gasteiger partial charge in [0.25, 0.3) is 0 Å². The Balaban J connectivity index is 2.47. The average molecular weight is 373 g/mol. The fourth-order valence-electron chi connectivity index (χ4n) is 2.65. The van der Waals surface area contributed by atoms with Crippen molar-refractivity contribution in [2.75, 3.05) is 7.11 Å². The van der Waals surface area contributed by atoms with Gasteiger partial charge in [0.05, 0.1) is 24.8 Å². The van der Waals surface area contributed by atoms with Crippen molar-refractivity contribution in [1.82, 2.24) is 0 Å². The van der Waals surface area contributed by atoms with E-state index in [1.54, 1.807) is 42.5 Å². The lowest BCUT2D eigenvalue weighted by Gasteiger charge is -2.20. The molecular formula is C19H14Cl2N2O2. The van der Waals surface area contributed by atoms with Gasteiger partial charge in [-0.3, -0.25) is 4.79 Å². The molecule has 25 heavy (non-hydrogen) atoms. The van der Waals surface area contributed by atoms with E-state index in [0.717, 1.165) is 0 Å². The van der Waals surface area contributed by atoms with Crippen molar-refractivity contribution in [3.8, 4) is 17.9 Å². The van der Waals surface area contributed by atoms with E-state index in [2.05, 4.69) is 0 Å². The normalized spacial score (nSPS) is 11.4. The third-order valence-corrected chi connectivity index (χ3v) is 4.52. The minimum absolute atomic E-state index is 0.0877. The van der Waals surface area contributed by atoms with Crippen molar-refractivity contribution in [2.24, 2.45) is 5.92 Å². The number of nitriles is 2. The molecule has 0 aromatic heterocycles. The van der Waals surface area contributed by atoms with Crippen molar-refractivity contribution in [3.63, 3.8) is 0 Å². The van der Waals surface area contributed by atoms with Gasteiger partial charge >= 0.3 is 0 Å². The minimum atomic E-state index is -1.06. The second-order valence-corrected chi connectivity index (χ2v) is 6.12. The number of benzene rings is 2. The second kappa shape index (κ2) is 8.53. The van der Waals surface area contributed by atoms with Crippen LogP contribution in [-0.2, 0) is 0 Å². The Morgan fingerprint density at radius 2 is 1.68 bits per heavy atom. The summed E-state index contributed by atoms with van der Waals surface area (Å²) in [6.45, 7) is 0. The van der Waals surface area contributed by atoms with E-state index in [0.29, 0.717) is 26.9 Å². The highest BCUT2D eigenvalue weighted by molar-refractivity contribution is 6.36. The Labute approximate surface area is 156 Å². The Kier molecular flexibility index (Phi) is 6.42. The molecule has 0 aliphatic rings. The maximum atomic E-state index is 12.8. The monoisotopic (exact) mass is 372 g/mol. The van der Waals surface area contributed by atoms with Gasteiger partial charge in [-0.2, -0.15) is 10.5 Å². The Hall–Kier alpha value is -2.53. The third kappa shape index (κ3) is 4.12. The largest absolute Gasteiger partial charge is 0.496 e. The second-order valence-electron chi connectivity index (χ2n) is 5.31. The number of methoxy groups -OCH3 is 1. The molecule has 2 aromatic carbocycles. The first kappa shape index (κ1) is 18.8. The van der Waals surface area contributed by atoms with Crippen LogP contribution in [0.5, 0.6) is 5.75 Å². The predicted octanol–water partition coefficient (Wildman–Crippen LogP) is 5.02. The molecular weight excluding hydrogens is 359 g/mol. The Bertz CT molecular complexity index is 834. The van der Waals surface area contributed by atoms with Gasteiger partial charge in [0.1, 0.15) is 11.7 Å². The van der Waals surface area contributed by atoms with Crippen LogP contribution in [0, 0.1) is 28.6 Å². The molecule has 2 aromatic rings. The molecule has 0 radical (unpaired) electrons. The highest BCUT2D eigenvalue weighted by atomic mass is 35.5. The highest BCUT2D eigenvalue weighted by Gasteiger charge is 2.30. The summed E-state index contributed by atoms with van der Waals surface area (Å²) in [7, 11) is 1.47. The maximum absolute atomic E-state index is 12.8. The topological polar surface area (TPSA) is 73.9 Å². The van der Waals surface area contributed by atoms with Gasteiger partial charge in [-0.15, -0.1) is 0 Å². The van der Waals surface area contributed by atoms with E-state index < -0.39 is 11.8 Å². The van der Waals surface area contributed by atoms with Crippen molar-refractivity contribution >= 4 is 29.0 Å². The van der Waals surface area contributed by atoms with E-state index in [9.17, 15) is 15.3 Å². The lowest BCUT2D eigenvalue weighted by atomic mass is 9.82. The number of Topliss-reactive ketones (excluding diaryl/α,β-unsaturated/α-hetero) is 1. The highest BCUT2D eigenvalue weighted by Crippen LogP contribution is 2.39. The molecule has 0 saturated carbocycles. The molecule has 1 atom stereocenters. The van der Waals surface area contributed by atoms with Crippen LogP contribution in [0.25, 0.3) is 0 Å². The van der Waals surface area contributed by atoms with E-state index >= 15 is 0 Å². The number of rotatable bonds is 6. The number of para-hydroxylation sites is 1. The molecule has 0 bridgehead atoms. The molecule has 0 aliphatic heterocycles. The van der Waals surface area contributed by atoms with Gasteiger partial charge in [-0.1, -0.05) is 41.4 Å². The van der Waals surface area contributed by atoms with Gasteiger partial charge in [0.15, 0.2) is 5.78 Å². The zero-order valence-corrected chi connectivity index (χ0v) is 14.9. The van der Waals surface area contributed by atoms with Crippen LogP contribution in [0.3, 0.4) is 0 Å². The quantitative estimate of drug-likeness (QED) is 0.667. The Morgan fingerprint density at radius 3 is 2.24 bits per heavy atom. The lowest BCUT2D eigenvalue weighted by Crippen LogP contribution is -2.16. The zero-order chi connectivity index (χ0) is 18.4. The smallest absolute Gasteiger partial charge is 0.167 e. The van der Waals surface area contributed by atoms with Gasteiger partial charge in [0, 0.05) is 22.4 Å². The van der Waals surface area contributed by atoms with Crippen LogP contribution in [0.2, 0.25) is 10.0 Å². The number of carbonyl (C=O) groups is 1. The van der Waals surface area contributed by atoms with Crippen LogP contribution in [0.4, 0.5) is 0 Å². The van der Waals surface area contributed by atoms with E-state index in [-0.39, 0.29) is 12.2 Å². The number of ether oxygens (including phenoxy) is 1. The summed E-state index contributed by atoms with van der Waals surface area (Å²) >= 11 is 12.5. The molecule has 0 fully saturated rings. The SMILES string of the molecule is COc1ccccc1C(=O)CC(c1c(Cl)cccc1Cl)C(C#N)C#N. The standard InChI is InChI=1S/C19H14Cl2N2O2/c1-25-18-8-3-2-5-13(18)17(24)9-14(12(10-22)11-23)19-15(20)6-4-7-16(19)21/h2-8,12,14H,9H2,1H3. The van der Waals surface area contributed by atoms with Crippen LogP contribution in [0.1, 0.15) is 28.3 Å². The Morgan fingerprint density at radius 1 is 1.08 bits per heavy atom. The molecule has 2 rings (SSSR count). The summed E-state index contributed by atoms with van der Waals surface area (Å²) in [5.41, 5.74) is 0.815. The van der Waals surface area contributed by atoms with Crippen LogP contribution >= 0.6 is 23.2 Å². The molecule has 0 spiro atoms. The first-order valence-electron chi connectivity index (χ1n) is 7.42. The molecule has 126 valence electrons. The number of nitrogens with zero attached hydrogens (tertiary/aromatic N) is 2. The number of ketones is 1. The lowest BCUT2D eigenvalue weighted by molar-refractivity contribution is 0.0968. The van der Waals surface area contributed by atoms with Crippen molar-refractivity contribution in [1.29, 1.82) is 10.5 Å². The first-order chi connectivity index (χ1) is 12.0. The van der Waals surface area contributed by atoms with Crippen molar-refractivity contribution in [3.05, 3.63) is 63.6 Å². The minimum Gasteiger partial charge on any atom is -0.496 e. The molecule has 1 unspecified atom stereocenters. The summed E-state index contributed by atoms with van der Waals surface area (Å²) < 4.78 is 5.21. The van der Waals surface area contributed by atoms with Crippen LogP contribution in [-0.4, -0.2) is 12.9 Å². The van der Waals surface area contributed by atoms with E-state index in [1.807, 2.05) is 12.1 Å². The zero-order valence-electron chi connectivity index (χ0n) is 13.4. The van der Waals surface area contributed by atoms with Gasteiger partial charge < -0.3 is 4.74 Å². The maximum Gasteiger partial charge on any atom is 0.167 e. The molecule has 4 nitrogen and oxygen atoms in total. The summed E-state index contributed by atoms with van der Waals surface area (Å²) in [6, 6.07) is 15.6. The fraction of sp³-hybridized carbons (Fsp3) is 0.211. The number of hydrogen-bond donors (Lipinski definition) is 0. The number of halogens is 2. The molecule has 0 saturated heterocycles. The molecule has 0 N–H and O–H groups in total. The average Bonchev–Trinajstić information content (AvgIpc) is 2.62. The van der Waals surface area contributed by atoms with Crippen molar-refractivity contribution < 1.29 is 9.53 Å². The van der Waals surface area contributed by atoms with Gasteiger partial charge in [-0.05, 0) is 29.8 Å². The van der Waals surface area contributed by atoms with E-state index in [1.165, 1.54) is 7.11 Å². The van der Waals surface area contributed by atoms with Gasteiger partial charge in [-0.25, -0.2) is 0 Å². The molecule has 0 amide bonds. The fourth-order valence-corrected chi connectivity index (χ4v) is 3.32.